The lowest BCUT2D eigenvalue weighted by molar-refractivity contribution is 0.411. The molecule has 1 aromatic carbocycles. The number of hydrogen-bond acceptors (Lipinski definition) is 8. The molecule has 4 rings (SSSR count). The Labute approximate surface area is 167 Å². The van der Waals surface area contributed by atoms with E-state index < -0.39 is 0 Å². The molecule has 0 spiro atoms. The van der Waals surface area contributed by atoms with Crippen molar-refractivity contribution in [3.05, 3.63) is 47.8 Å². The van der Waals surface area contributed by atoms with Crippen LogP contribution >= 0.6 is 0 Å². The Bertz CT molecular complexity index is 1070. The first-order valence-corrected chi connectivity index (χ1v) is 9.24. The number of nitrogens with one attached hydrogen (secondary N) is 1. The molecule has 9 heteroatoms. The molecule has 9 nitrogen and oxygen atoms in total. The lowest BCUT2D eigenvalue weighted by Crippen LogP contribution is -2.11. The van der Waals surface area contributed by atoms with E-state index in [9.17, 15) is 4.91 Å². The van der Waals surface area contributed by atoms with Crippen LogP contribution in [-0.4, -0.2) is 26.9 Å². The van der Waals surface area contributed by atoms with E-state index in [-0.39, 0.29) is 6.04 Å². The van der Waals surface area contributed by atoms with E-state index in [1.807, 2.05) is 10.9 Å². The van der Waals surface area contributed by atoms with Gasteiger partial charge < -0.3 is 10.1 Å². The SMILES string of the molecule is COc1cnc(Nc2cccc(N=O)c2)nc1-c1cnn(C(CC#N)C2CC2)c1. The maximum Gasteiger partial charge on any atom is 0.227 e. The summed E-state index contributed by atoms with van der Waals surface area (Å²) in [4.78, 5) is 19.6. The summed E-state index contributed by atoms with van der Waals surface area (Å²) < 4.78 is 7.27. The minimum absolute atomic E-state index is 0.0813. The minimum atomic E-state index is 0.0813. The van der Waals surface area contributed by atoms with E-state index in [1.165, 1.54) is 0 Å². The largest absolute Gasteiger partial charge is 0.493 e. The molecule has 2 aromatic heterocycles. The van der Waals surface area contributed by atoms with Crippen molar-refractivity contribution in [2.75, 3.05) is 12.4 Å². The lowest BCUT2D eigenvalue weighted by Gasteiger charge is -2.13. The van der Waals surface area contributed by atoms with Gasteiger partial charge in [0.05, 0.1) is 38.0 Å². The predicted molar refractivity (Wildman–Crippen MR) is 107 cm³/mol. The highest BCUT2D eigenvalue weighted by molar-refractivity contribution is 5.67. The van der Waals surface area contributed by atoms with Crippen molar-refractivity contribution >= 4 is 17.3 Å². The average molecular weight is 389 g/mol. The van der Waals surface area contributed by atoms with Crippen LogP contribution in [-0.2, 0) is 0 Å². The molecule has 1 unspecified atom stereocenters. The molecule has 1 N–H and O–H groups in total. The summed E-state index contributed by atoms with van der Waals surface area (Å²) >= 11 is 0. The summed E-state index contributed by atoms with van der Waals surface area (Å²) in [5, 5.41) is 19.6. The molecule has 146 valence electrons. The Morgan fingerprint density at radius 1 is 1.41 bits per heavy atom. The zero-order chi connectivity index (χ0) is 20.2. The van der Waals surface area contributed by atoms with E-state index in [2.05, 4.69) is 31.6 Å². The third-order valence-electron chi connectivity index (χ3n) is 4.86. The Morgan fingerprint density at radius 3 is 3.00 bits per heavy atom. The molecular weight excluding hydrogens is 370 g/mol. The van der Waals surface area contributed by atoms with Crippen molar-refractivity contribution in [1.29, 1.82) is 5.26 Å². The van der Waals surface area contributed by atoms with Gasteiger partial charge in [-0.2, -0.15) is 10.4 Å². The summed E-state index contributed by atoms with van der Waals surface area (Å²) in [5.74, 6) is 1.37. The second-order valence-corrected chi connectivity index (χ2v) is 6.85. The van der Waals surface area contributed by atoms with Gasteiger partial charge in [0.25, 0.3) is 0 Å². The van der Waals surface area contributed by atoms with Gasteiger partial charge in [-0.15, -0.1) is 4.91 Å². The van der Waals surface area contributed by atoms with Gasteiger partial charge >= 0.3 is 0 Å². The highest BCUT2D eigenvalue weighted by atomic mass is 16.5. The zero-order valence-electron chi connectivity index (χ0n) is 15.8. The highest BCUT2D eigenvalue weighted by Gasteiger charge is 2.33. The first kappa shape index (κ1) is 18.6. The van der Waals surface area contributed by atoms with Crippen molar-refractivity contribution in [3.63, 3.8) is 0 Å². The monoisotopic (exact) mass is 389 g/mol. The fourth-order valence-corrected chi connectivity index (χ4v) is 3.25. The first-order chi connectivity index (χ1) is 14.2. The highest BCUT2D eigenvalue weighted by Crippen LogP contribution is 2.41. The number of rotatable bonds is 8. The number of nitroso groups, excluding NO2 is 1. The van der Waals surface area contributed by atoms with Crippen LogP contribution in [0.2, 0.25) is 0 Å². The van der Waals surface area contributed by atoms with Crippen molar-refractivity contribution in [3.8, 4) is 23.1 Å². The van der Waals surface area contributed by atoms with Gasteiger partial charge in [0.1, 0.15) is 11.4 Å². The van der Waals surface area contributed by atoms with Crippen LogP contribution in [0.1, 0.15) is 25.3 Å². The molecule has 0 amide bonds. The van der Waals surface area contributed by atoms with E-state index in [4.69, 9.17) is 10.00 Å². The Kier molecular flexibility index (Phi) is 5.16. The quantitative estimate of drug-likeness (QED) is 0.569. The molecule has 0 bridgehead atoms. The summed E-state index contributed by atoms with van der Waals surface area (Å²) in [6.07, 6.45) is 7.88. The normalized spacial score (nSPS) is 14.1. The topological polar surface area (TPSA) is 118 Å². The molecule has 0 radical (unpaired) electrons. The Hall–Kier alpha value is -3.80. The lowest BCUT2D eigenvalue weighted by atomic mass is 10.1. The Balaban J connectivity index is 1.63. The fourth-order valence-electron chi connectivity index (χ4n) is 3.25. The smallest absolute Gasteiger partial charge is 0.227 e. The molecule has 1 saturated carbocycles. The van der Waals surface area contributed by atoms with Crippen LogP contribution in [0.3, 0.4) is 0 Å². The zero-order valence-corrected chi connectivity index (χ0v) is 15.8. The van der Waals surface area contributed by atoms with Gasteiger partial charge in [-0.05, 0) is 42.1 Å². The standard InChI is InChI=1S/C20H19N7O2/c1-29-18-11-22-20(24-15-3-2-4-16(9-15)26-28)25-19(18)14-10-23-27(12-14)17(7-8-21)13-5-6-13/h2-4,9-13,17H,5-7H2,1H3,(H,22,24,25). The predicted octanol–water partition coefficient (Wildman–Crippen LogP) is 4.35. The van der Waals surface area contributed by atoms with E-state index >= 15 is 0 Å². The summed E-state index contributed by atoms with van der Waals surface area (Å²) in [6.45, 7) is 0. The van der Waals surface area contributed by atoms with Crippen LogP contribution in [0, 0.1) is 22.2 Å². The molecular formula is C20H19N7O2. The number of nitrogens with zero attached hydrogens (tertiary/aromatic N) is 6. The molecule has 0 saturated heterocycles. The van der Waals surface area contributed by atoms with E-state index in [0.717, 1.165) is 18.4 Å². The van der Waals surface area contributed by atoms with Crippen LogP contribution in [0.15, 0.2) is 48.0 Å². The molecule has 0 aliphatic heterocycles. The minimum Gasteiger partial charge on any atom is -0.493 e. The second-order valence-electron chi connectivity index (χ2n) is 6.85. The van der Waals surface area contributed by atoms with Crippen molar-refractivity contribution in [1.82, 2.24) is 19.7 Å². The maximum absolute atomic E-state index is 10.7. The Morgan fingerprint density at radius 2 is 2.28 bits per heavy atom. The van der Waals surface area contributed by atoms with E-state index in [1.54, 1.807) is 43.8 Å². The van der Waals surface area contributed by atoms with Crippen LogP contribution in [0.4, 0.5) is 17.3 Å². The van der Waals surface area contributed by atoms with Crippen molar-refractivity contribution in [2.24, 2.45) is 11.1 Å². The third kappa shape index (κ3) is 4.06. The van der Waals surface area contributed by atoms with Gasteiger partial charge in [0, 0.05) is 17.4 Å². The number of anilines is 2. The molecule has 1 fully saturated rings. The first-order valence-electron chi connectivity index (χ1n) is 9.24. The van der Waals surface area contributed by atoms with Gasteiger partial charge in [-0.25, -0.2) is 9.97 Å². The molecule has 3 aromatic rings. The van der Waals surface area contributed by atoms with Crippen molar-refractivity contribution in [2.45, 2.75) is 25.3 Å². The molecule has 1 aliphatic rings. The average Bonchev–Trinajstić information content (AvgIpc) is 3.48. The number of methoxy groups -OCH3 is 1. The molecule has 1 atom stereocenters. The third-order valence-corrected chi connectivity index (χ3v) is 4.86. The summed E-state index contributed by atoms with van der Waals surface area (Å²) in [6, 6.07) is 9.08. The van der Waals surface area contributed by atoms with Crippen LogP contribution < -0.4 is 10.1 Å². The molecule has 1 aliphatic carbocycles. The van der Waals surface area contributed by atoms with E-state index in [0.29, 0.717) is 41.1 Å². The van der Waals surface area contributed by atoms with Gasteiger partial charge in [0.2, 0.25) is 5.95 Å². The number of hydrogen-bond donors (Lipinski definition) is 1. The fraction of sp³-hybridized carbons (Fsp3) is 0.300. The van der Waals surface area contributed by atoms with Crippen LogP contribution in [0.25, 0.3) is 11.3 Å². The number of benzene rings is 1. The van der Waals surface area contributed by atoms with Gasteiger partial charge in [-0.1, -0.05) is 6.07 Å². The number of ether oxygens (including phenoxy) is 1. The molecule has 2 heterocycles. The van der Waals surface area contributed by atoms with Gasteiger partial charge in [0.15, 0.2) is 5.75 Å². The summed E-state index contributed by atoms with van der Waals surface area (Å²) in [5.41, 5.74) is 2.33. The second kappa shape index (κ2) is 8.06. The van der Waals surface area contributed by atoms with Gasteiger partial charge in [-0.3, -0.25) is 4.68 Å². The molecule has 29 heavy (non-hydrogen) atoms. The van der Waals surface area contributed by atoms with Crippen LogP contribution in [0.5, 0.6) is 5.75 Å². The maximum atomic E-state index is 10.7. The summed E-state index contributed by atoms with van der Waals surface area (Å²) in [7, 11) is 1.56. The number of aromatic nitrogens is 4. The van der Waals surface area contributed by atoms with Crippen molar-refractivity contribution < 1.29 is 4.74 Å². The number of nitriles is 1.